The number of Topliss-reactive ketones (excluding diaryl/α,β-unsaturated/α-hetero) is 2. The lowest BCUT2D eigenvalue weighted by Crippen LogP contribution is -2.28. The van der Waals surface area contributed by atoms with Gasteiger partial charge in [-0.15, -0.1) is 0 Å². The highest BCUT2D eigenvalue weighted by Gasteiger charge is 2.39. The molecular weight excluding hydrogens is 399 g/mol. The number of halogens is 3. The standard InChI is InChI=1S/C17H10F3N3O4S/c18-17(19,20)8-4-9(7-3-5-1-2-6(7)13(25)12(5)24)23-14-10(8)11(21)15(28-14)27-16(22)26/h3-4H,1-2,21H2,(H2,22,26). The Bertz CT molecular complexity index is 1160. The molecule has 1 amide bonds. The molecule has 2 aromatic rings. The number of hydrogen-bond acceptors (Lipinski definition) is 7. The zero-order valence-corrected chi connectivity index (χ0v) is 14.7. The van der Waals surface area contributed by atoms with Gasteiger partial charge in [-0.2, -0.15) is 13.2 Å². The molecule has 0 spiro atoms. The van der Waals surface area contributed by atoms with Crippen molar-refractivity contribution in [3.8, 4) is 5.06 Å². The van der Waals surface area contributed by atoms with Crippen LogP contribution in [0.5, 0.6) is 5.06 Å². The molecule has 3 aliphatic rings. The number of thiophene rings is 1. The van der Waals surface area contributed by atoms with Gasteiger partial charge in [-0.25, -0.2) is 9.78 Å². The van der Waals surface area contributed by atoms with E-state index in [1.54, 1.807) is 0 Å². The van der Waals surface area contributed by atoms with Gasteiger partial charge in [-0.3, -0.25) is 9.59 Å². The minimum atomic E-state index is -4.79. The fourth-order valence-corrected chi connectivity index (χ4v) is 4.26. The van der Waals surface area contributed by atoms with Crippen molar-refractivity contribution in [1.82, 2.24) is 4.98 Å². The molecule has 144 valence electrons. The lowest BCUT2D eigenvalue weighted by molar-refractivity contribution is -0.136. The van der Waals surface area contributed by atoms with Crippen LogP contribution in [0.2, 0.25) is 0 Å². The zero-order valence-electron chi connectivity index (χ0n) is 13.8. The fourth-order valence-electron chi connectivity index (χ4n) is 3.28. The Balaban J connectivity index is 1.99. The number of nitrogen functional groups attached to an aromatic ring is 1. The molecule has 1 fully saturated rings. The molecular formula is C17H10F3N3O4S. The maximum atomic E-state index is 13.7. The quantitative estimate of drug-likeness (QED) is 0.580. The minimum Gasteiger partial charge on any atom is -0.397 e. The smallest absolute Gasteiger partial charge is 0.397 e. The number of aromatic nitrogens is 1. The van der Waals surface area contributed by atoms with Crippen LogP contribution in [-0.4, -0.2) is 22.6 Å². The van der Waals surface area contributed by atoms with Crippen molar-refractivity contribution in [3.05, 3.63) is 34.5 Å². The van der Waals surface area contributed by atoms with Crippen molar-refractivity contribution in [1.29, 1.82) is 0 Å². The first-order valence-electron chi connectivity index (χ1n) is 7.88. The minimum absolute atomic E-state index is 0.111. The highest BCUT2D eigenvalue weighted by atomic mass is 32.1. The molecule has 3 aliphatic carbocycles. The summed E-state index contributed by atoms with van der Waals surface area (Å²) >= 11 is 0.628. The Morgan fingerprint density at radius 1 is 1.21 bits per heavy atom. The summed E-state index contributed by atoms with van der Waals surface area (Å²) in [4.78, 5) is 39.0. The van der Waals surface area contributed by atoms with Crippen LogP contribution in [0.1, 0.15) is 24.1 Å². The van der Waals surface area contributed by atoms with Gasteiger partial charge in [0.05, 0.1) is 22.3 Å². The van der Waals surface area contributed by atoms with Gasteiger partial charge in [0.1, 0.15) is 4.83 Å². The number of rotatable bonds is 2. The van der Waals surface area contributed by atoms with E-state index < -0.39 is 40.5 Å². The number of nitrogens with two attached hydrogens (primary N) is 2. The molecule has 5 rings (SSSR count). The maximum absolute atomic E-state index is 13.7. The summed E-state index contributed by atoms with van der Waals surface area (Å²) in [6.45, 7) is 0. The van der Waals surface area contributed by atoms with Crippen LogP contribution in [0.25, 0.3) is 15.8 Å². The third-order valence-electron chi connectivity index (χ3n) is 4.50. The molecule has 7 nitrogen and oxygen atoms in total. The Kier molecular flexibility index (Phi) is 3.82. The summed E-state index contributed by atoms with van der Waals surface area (Å²) in [5.74, 6) is -1.36. The second-order valence-electron chi connectivity index (χ2n) is 6.18. The van der Waals surface area contributed by atoms with Gasteiger partial charge in [0.2, 0.25) is 16.6 Å². The van der Waals surface area contributed by atoms with Crippen molar-refractivity contribution in [3.63, 3.8) is 0 Å². The molecule has 2 bridgehead atoms. The number of alkyl halides is 3. The van der Waals surface area contributed by atoms with E-state index in [9.17, 15) is 27.6 Å². The second-order valence-corrected chi connectivity index (χ2v) is 7.14. The summed E-state index contributed by atoms with van der Waals surface area (Å²) in [7, 11) is 0. The molecule has 4 N–H and O–H groups in total. The molecule has 2 aromatic heterocycles. The molecule has 1 saturated carbocycles. The van der Waals surface area contributed by atoms with Crippen molar-refractivity contribution in [2.75, 3.05) is 5.73 Å². The number of ketones is 2. The highest BCUT2D eigenvalue weighted by molar-refractivity contribution is 7.21. The SMILES string of the molecule is NC(=O)Oc1sc2nc(C3=C4CCC(=C3)C(=O)C4=O)cc(C(F)(F)F)c2c1N. The van der Waals surface area contributed by atoms with E-state index >= 15 is 0 Å². The van der Waals surface area contributed by atoms with Gasteiger partial charge in [-0.1, -0.05) is 11.3 Å². The van der Waals surface area contributed by atoms with Crippen LogP contribution in [-0.2, 0) is 15.8 Å². The zero-order chi connectivity index (χ0) is 20.4. The van der Waals surface area contributed by atoms with E-state index in [0.717, 1.165) is 6.07 Å². The van der Waals surface area contributed by atoms with Crippen LogP contribution in [0.15, 0.2) is 23.3 Å². The molecule has 0 atom stereocenters. The third-order valence-corrected chi connectivity index (χ3v) is 5.48. The molecule has 0 aliphatic heterocycles. The third kappa shape index (κ3) is 2.66. The van der Waals surface area contributed by atoms with Gasteiger partial charge >= 0.3 is 12.3 Å². The lowest BCUT2D eigenvalue weighted by Gasteiger charge is -2.24. The highest BCUT2D eigenvalue weighted by Crippen LogP contribution is 2.47. The van der Waals surface area contributed by atoms with Gasteiger partial charge in [0, 0.05) is 16.7 Å². The Morgan fingerprint density at radius 2 is 1.93 bits per heavy atom. The number of allylic oxidation sites excluding steroid dienone is 4. The van der Waals surface area contributed by atoms with E-state index in [0.29, 0.717) is 17.8 Å². The molecule has 0 radical (unpaired) electrons. The Morgan fingerprint density at radius 3 is 2.54 bits per heavy atom. The number of pyridine rings is 1. The second kappa shape index (κ2) is 5.89. The average Bonchev–Trinajstić information content (AvgIpc) is 2.92. The number of ether oxygens (including phenoxy) is 1. The first-order valence-corrected chi connectivity index (χ1v) is 8.70. The van der Waals surface area contributed by atoms with Crippen molar-refractivity contribution in [2.45, 2.75) is 19.0 Å². The number of anilines is 1. The van der Waals surface area contributed by atoms with E-state index in [2.05, 4.69) is 9.72 Å². The number of amides is 1. The van der Waals surface area contributed by atoms with Crippen LogP contribution >= 0.6 is 11.3 Å². The van der Waals surface area contributed by atoms with Gasteiger partial charge < -0.3 is 16.2 Å². The normalized spacial score (nSPS) is 16.8. The monoisotopic (exact) mass is 409 g/mol. The van der Waals surface area contributed by atoms with E-state index in [1.807, 2.05) is 0 Å². The lowest BCUT2D eigenvalue weighted by atomic mass is 9.78. The number of carbonyl (C=O) groups is 3. The molecule has 2 heterocycles. The number of fused-ring (bicyclic) bond motifs is 4. The number of carbonyl (C=O) groups excluding carboxylic acids is 3. The molecule has 0 unspecified atom stereocenters. The predicted molar refractivity (Wildman–Crippen MR) is 93.5 cm³/mol. The Hall–Kier alpha value is -3.21. The fraction of sp³-hybridized carbons (Fsp3) is 0.176. The first-order chi connectivity index (χ1) is 13.1. The number of hydrogen-bond donors (Lipinski definition) is 2. The van der Waals surface area contributed by atoms with Gasteiger partial charge in [-0.05, 0) is 25.0 Å². The first kappa shape index (κ1) is 18.2. The number of nitrogens with zero attached hydrogens (tertiary/aromatic N) is 1. The van der Waals surface area contributed by atoms with Crippen LogP contribution in [0.3, 0.4) is 0 Å². The predicted octanol–water partition coefficient (Wildman–Crippen LogP) is 2.98. The summed E-state index contributed by atoms with van der Waals surface area (Å²) in [6, 6.07) is 0.775. The van der Waals surface area contributed by atoms with Crippen LogP contribution in [0, 0.1) is 0 Å². The van der Waals surface area contributed by atoms with Crippen molar-refractivity contribution >= 4 is 50.5 Å². The van der Waals surface area contributed by atoms with Gasteiger partial charge in [0.15, 0.2) is 0 Å². The van der Waals surface area contributed by atoms with Crippen molar-refractivity contribution < 1.29 is 32.3 Å². The summed E-state index contributed by atoms with van der Waals surface area (Å²) in [6.07, 6.45) is -4.00. The number of primary amides is 1. The topological polar surface area (TPSA) is 125 Å². The summed E-state index contributed by atoms with van der Waals surface area (Å²) in [5, 5.41) is -0.718. The maximum Gasteiger partial charge on any atom is 0.417 e. The van der Waals surface area contributed by atoms with Crippen LogP contribution < -0.4 is 16.2 Å². The van der Waals surface area contributed by atoms with E-state index in [-0.39, 0.29) is 38.7 Å². The van der Waals surface area contributed by atoms with Gasteiger partial charge in [0.25, 0.3) is 0 Å². The summed E-state index contributed by atoms with van der Waals surface area (Å²) in [5.41, 5.74) is 9.60. The average molecular weight is 409 g/mol. The molecule has 0 aromatic carbocycles. The largest absolute Gasteiger partial charge is 0.417 e. The Labute approximate surface area is 158 Å². The van der Waals surface area contributed by atoms with Crippen molar-refractivity contribution in [2.24, 2.45) is 5.73 Å². The summed E-state index contributed by atoms with van der Waals surface area (Å²) < 4.78 is 45.7. The van der Waals surface area contributed by atoms with E-state index in [4.69, 9.17) is 11.5 Å². The molecule has 0 saturated heterocycles. The molecule has 11 heteroatoms. The van der Waals surface area contributed by atoms with Crippen LogP contribution in [0.4, 0.5) is 23.7 Å². The molecule has 28 heavy (non-hydrogen) atoms. The van der Waals surface area contributed by atoms with E-state index in [1.165, 1.54) is 6.08 Å².